The van der Waals surface area contributed by atoms with Crippen molar-refractivity contribution < 1.29 is 13.6 Å². The number of nitrogens with two attached hydrogens (primary N) is 1. The molecule has 0 saturated heterocycles. The maximum atomic E-state index is 14.0. The Morgan fingerprint density at radius 3 is 2.84 bits per heavy atom. The van der Waals surface area contributed by atoms with E-state index < -0.39 is 17.7 Å². The molecule has 4 rings (SSSR count). The molecule has 1 aliphatic carbocycles. The fourth-order valence-corrected chi connectivity index (χ4v) is 3.33. The number of nitrogens with one attached hydrogen (secondary N) is 4. The Labute approximate surface area is 184 Å². The van der Waals surface area contributed by atoms with Crippen LogP contribution in [0.2, 0.25) is 0 Å². The summed E-state index contributed by atoms with van der Waals surface area (Å²) in [6.07, 6.45) is 5.82. The van der Waals surface area contributed by atoms with Gasteiger partial charge in [0.15, 0.2) is 0 Å². The number of hydrazine groups is 1. The summed E-state index contributed by atoms with van der Waals surface area (Å²) in [5, 5.41) is 6.24. The molecule has 168 valence electrons. The monoisotopic (exact) mass is 441 g/mol. The van der Waals surface area contributed by atoms with E-state index in [1.54, 1.807) is 12.1 Å². The van der Waals surface area contributed by atoms with Gasteiger partial charge in [0.05, 0.1) is 12.6 Å². The molecule has 0 bridgehead atoms. The zero-order chi connectivity index (χ0) is 22.7. The summed E-state index contributed by atoms with van der Waals surface area (Å²) < 4.78 is 27.1. The predicted molar refractivity (Wildman–Crippen MR) is 118 cm³/mol. The zero-order valence-corrected chi connectivity index (χ0v) is 17.6. The summed E-state index contributed by atoms with van der Waals surface area (Å²) in [6, 6.07) is 4.72. The molecule has 1 fully saturated rings. The van der Waals surface area contributed by atoms with Gasteiger partial charge in [-0.1, -0.05) is 12.6 Å². The third-order valence-corrected chi connectivity index (χ3v) is 5.04. The molecule has 0 radical (unpaired) electrons. The maximum absolute atomic E-state index is 14.0. The fourth-order valence-electron chi connectivity index (χ4n) is 3.33. The normalized spacial score (nSPS) is 18.1. The number of hydroxylamine groups is 1. The molecule has 2 aromatic rings. The Morgan fingerprint density at radius 1 is 1.31 bits per heavy atom. The van der Waals surface area contributed by atoms with Crippen LogP contribution < -0.4 is 27.4 Å². The number of nitrogens with zero attached hydrogens (tertiary/aromatic N) is 2. The second-order valence-electron chi connectivity index (χ2n) is 7.74. The first-order chi connectivity index (χ1) is 15.4. The van der Waals surface area contributed by atoms with Crippen molar-refractivity contribution in [2.45, 2.75) is 25.8 Å². The van der Waals surface area contributed by atoms with Gasteiger partial charge >= 0.3 is 0 Å². The highest BCUT2D eigenvalue weighted by Crippen LogP contribution is 2.35. The lowest BCUT2D eigenvalue weighted by atomic mass is 10.1. The van der Waals surface area contributed by atoms with Gasteiger partial charge in [0, 0.05) is 40.7 Å². The second kappa shape index (κ2) is 9.33. The van der Waals surface area contributed by atoms with Gasteiger partial charge in [-0.15, -0.1) is 5.48 Å². The van der Waals surface area contributed by atoms with E-state index in [9.17, 15) is 8.78 Å². The number of rotatable bonds is 9. The van der Waals surface area contributed by atoms with E-state index in [-0.39, 0.29) is 6.54 Å². The van der Waals surface area contributed by atoms with Crippen LogP contribution in [0, 0.1) is 24.5 Å². The van der Waals surface area contributed by atoms with Crippen LogP contribution in [0.25, 0.3) is 0 Å². The lowest BCUT2D eigenvalue weighted by Gasteiger charge is -2.11. The molecule has 6 N–H and O–H groups in total. The molecule has 1 saturated carbocycles. The van der Waals surface area contributed by atoms with Gasteiger partial charge in [-0.25, -0.2) is 13.8 Å². The average Bonchev–Trinajstić information content (AvgIpc) is 3.48. The van der Waals surface area contributed by atoms with E-state index in [1.807, 2.05) is 13.0 Å². The fraction of sp³-hybridized carbons (Fsp3) is 0.273. The van der Waals surface area contributed by atoms with E-state index in [2.05, 4.69) is 38.1 Å². The van der Waals surface area contributed by atoms with Crippen molar-refractivity contribution in [2.24, 2.45) is 11.8 Å². The molecule has 2 heterocycles. The van der Waals surface area contributed by atoms with Crippen LogP contribution in [0.1, 0.15) is 30.1 Å². The van der Waals surface area contributed by atoms with Crippen molar-refractivity contribution in [1.29, 1.82) is 0 Å². The number of hydrogen-bond acceptors (Lipinski definition) is 8. The molecule has 1 unspecified atom stereocenters. The Morgan fingerprint density at radius 2 is 2.12 bits per heavy atom. The van der Waals surface area contributed by atoms with Crippen molar-refractivity contribution >= 4 is 11.8 Å². The third-order valence-electron chi connectivity index (χ3n) is 5.04. The van der Waals surface area contributed by atoms with Crippen LogP contribution in [-0.4, -0.2) is 16.5 Å². The molecular formula is C22H25F2N7O. The van der Waals surface area contributed by atoms with Gasteiger partial charge in [0.2, 0.25) is 5.95 Å². The molecule has 10 heteroatoms. The molecule has 1 atom stereocenters. The molecular weight excluding hydrogens is 416 g/mol. The Kier molecular flexibility index (Phi) is 6.33. The standard InChI is InChI=1S/C22H25F2N7O/c1-12(7-19(30-25)14-3-4-14)27-21-8-13(2)28-22(29-21)26-11-16-10-20(31-32-16)17-6-5-15(23)9-18(17)24/h5-10,14,20,30-31H,1,3-4,11,25H2,2H3,(H2,26,27,28,29)/b19-7-. The maximum Gasteiger partial charge on any atom is 0.225 e. The summed E-state index contributed by atoms with van der Waals surface area (Å²) >= 11 is 0. The first-order valence-electron chi connectivity index (χ1n) is 10.2. The quantitative estimate of drug-likeness (QED) is 0.229. The number of anilines is 2. The number of allylic oxidation sites excluding steroid dienone is 2. The highest BCUT2D eigenvalue weighted by molar-refractivity contribution is 5.49. The van der Waals surface area contributed by atoms with E-state index in [0.29, 0.717) is 34.7 Å². The molecule has 2 aliphatic rings. The smallest absolute Gasteiger partial charge is 0.225 e. The number of aromatic nitrogens is 2. The molecule has 8 nitrogen and oxygen atoms in total. The van der Waals surface area contributed by atoms with Crippen LogP contribution in [0.15, 0.2) is 60.1 Å². The second-order valence-corrected chi connectivity index (χ2v) is 7.74. The van der Waals surface area contributed by atoms with Gasteiger partial charge in [-0.05, 0) is 38.0 Å². The first-order valence-corrected chi connectivity index (χ1v) is 10.2. The number of aryl methyl sites for hydroxylation is 1. The number of benzene rings is 1. The van der Waals surface area contributed by atoms with Gasteiger partial charge in [-0.3, -0.25) is 5.84 Å². The van der Waals surface area contributed by atoms with Crippen molar-refractivity contribution in [3.8, 4) is 0 Å². The minimum atomic E-state index is -0.641. The predicted octanol–water partition coefficient (Wildman–Crippen LogP) is 3.32. The summed E-state index contributed by atoms with van der Waals surface area (Å²) in [7, 11) is 0. The lowest BCUT2D eigenvalue weighted by molar-refractivity contribution is 0.115. The van der Waals surface area contributed by atoms with Crippen molar-refractivity contribution in [3.05, 3.63) is 83.0 Å². The van der Waals surface area contributed by atoms with Crippen LogP contribution in [0.4, 0.5) is 20.5 Å². The van der Waals surface area contributed by atoms with Crippen molar-refractivity contribution in [3.63, 3.8) is 0 Å². The average molecular weight is 441 g/mol. The topological polar surface area (TPSA) is 109 Å². The van der Waals surface area contributed by atoms with E-state index in [4.69, 9.17) is 10.7 Å². The SMILES string of the molecule is C=C(/C=C(\NN)C1CC1)Nc1cc(C)nc(NCC2=CC(c3ccc(F)cc3F)NO2)n1. The molecule has 32 heavy (non-hydrogen) atoms. The van der Waals surface area contributed by atoms with Crippen LogP contribution in [0.3, 0.4) is 0 Å². The summed E-state index contributed by atoms with van der Waals surface area (Å²) in [5.74, 6) is 6.29. The lowest BCUT2D eigenvalue weighted by Crippen LogP contribution is -2.22. The summed E-state index contributed by atoms with van der Waals surface area (Å²) in [6.45, 7) is 6.14. The highest BCUT2D eigenvalue weighted by atomic mass is 19.1. The van der Waals surface area contributed by atoms with E-state index in [1.165, 1.54) is 12.1 Å². The molecule has 0 amide bonds. The van der Waals surface area contributed by atoms with Gasteiger partial charge in [-0.2, -0.15) is 4.98 Å². The third kappa shape index (κ3) is 5.40. The van der Waals surface area contributed by atoms with E-state index in [0.717, 1.165) is 30.3 Å². The van der Waals surface area contributed by atoms with Gasteiger partial charge in [0.1, 0.15) is 23.2 Å². The van der Waals surface area contributed by atoms with Crippen LogP contribution in [-0.2, 0) is 4.84 Å². The largest absolute Gasteiger partial charge is 0.411 e. The van der Waals surface area contributed by atoms with Crippen LogP contribution in [0.5, 0.6) is 0 Å². The Hall–Kier alpha value is -3.50. The zero-order valence-electron chi connectivity index (χ0n) is 17.6. The van der Waals surface area contributed by atoms with Crippen LogP contribution >= 0.6 is 0 Å². The first kappa shape index (κ1) is 21.7. The minimum Gasteiger partial charge on any atom is -0.411 e. The molecule has 1 aromatic carbocycles. The highest BCUT2D eigenvalue weighted by Gasteiger charge is 2.25. The number of halogens is 2. The Bertz CT molecular complexity index is 1080. The summed E-state index contributed by atoms with van der Waals surface area (Å²) in [5.41, 5.74) is 8.10. The van der Waals surface area contributed by atoms with Gasteiger partial charge < -0.3 is 20.9 Å². The molecule has 1 aliphatic heterocycles. The van der Waals surface area contributed by atoms with E-state index >= 15 is 0 Å². The number of hydrogen-bond donors (Lipinski definition) is 5. The molecule has 0 spiro atoms. The Balaban J connectivity index is 1.38. The molecule has 1 aromatic heterocycles. The van der Waals surface area contributed by atoms with Crippen molar-refractivity contribution in [1.82, 2.24) is 20.9 Å². The van der Waals surface area contributed by atoms with Gasteiger partial charge in [0.25, 0.3) is 0 Å². The minimum absolute atomic E-state index is 0.277. The van der Waals surface area contributed by atoms with Crippen molar-refractivity contribution in [2.75, 3.05) is 17.2 Å². The summed E-state index contributed by atoms with van der Waals surface area (Å²) in [4.78, 5) is 14.2.